The maximum Gasteiger partial charge on any atom is 0.230 e. The summed E-state index contributed by atoms with van der Waals surface area (Å²) in [5.41, 5.74) is 2.47. The Morgan fingerprint density at radius 1 is 1.26 bits per heavy atom. The van der Waals surface area contributed by atoms with Gasteiger partial charge in [0.15, 0.2) is 5.65 Å². The lowest BCUT2D eigenvalue weighted by Crippen LogP contribution is -2.32. The second-order valence-corrected chi connectivity index (χ2v) is 8.06. The molecule has 7 nitrogen and oxygen atoms in total. The van der Waals surface area contributed by atoms with E-state index in [1.54, 1.807) is 4.52 Å². The number of halogens is 1. The number of carbonyl (C=O) groups is 1. The molecular formula is C18H18BrN5O2S. The van der Waals surface area contributed by atoms with E-state index >= 15 is 0 Å². The van der Waals surface area contributed by atoms with Crippen molar-refractivity contribution in [1.29, 1.82) is 0 Å². The minimum atomic E-state index is -0.0451. The van der Waals surface area contributed by atoms with Crippen LogP contribution in [0.15, 0.2) is 46.0 Å². The van der Waals surface area contributed by atoms with Crippen LogP contribution in [-0.4, -0.2) is 50.7 Å². The maximum atomic E-state index is 12.1. The van der Waals surface area contributed by atoms with Crippen LogP contribution in [0.3, 0.4) is 0 Å². The average molecular weight is 448 g/mol. The first kappa shape index (κ1) is 18.4. The van der Waals surface area contributed by atoms with Gasteiger partial charge in [-0.3, -0.25) is 4.79 Å². The molecule has 0 bridgehead atoms. The van der Waals surface area contributed by atoms with E-state index in [4.69, 9.17) is 4.74 Å². The Bertz CT molecular complexity index is 941. The summed E-state index contributed by atoms with van der Waals surface area (Å²) < 4.78 is 8.20. The summed E-state index contributed by atoms with van der Waals surface area (Å²) in [6.45, 7) is 1.35. The fourth-order valence-electron chi connectivity index (χ4n) is 2.85. The molecule has 1 aliphatic rings. The van der Waals surface area contributed by atoms with E-state index in [0.29, 0.717) is 17.3 Å². The minimum absolute atomic E-state index is 0.0451. The number of thioether (sulfide) groups is 1. The molecule has 1 aromatic carbocycles. The van der Waals surface area contributed by atoms with Crippen LogP contribution < -0.4 is 5.32 Å². The third kappa shape index (κ3) is 4.48. The Morgan fingerprint density at radius 3 is 2.89 bits per heavy atom. The molecule has 1 unspecified atom stereocenters. The van der Waals surface area contributed by atoms with Gasteiger partial charge in [-0.15, -0.1) is 10.2 Å². The average Bonchev–Trinajstić information content (AvgIpc) is 3.34. The quantitative estimate of drug-likeness (QED) is 0.584. The molecule has 1 atom stereocenters. The normalized spacial score (nSPS) is 16.7. The first-order valence-electron chi connectivity index (χ1n) is 8.68. The number of nitrogens with one attached hydrogen (secondary N) is 1. The Kier molecular flexibility index (Phi) is 5.70. The van der Waals surface area contributed by atoms with E-state index < -0.39 is 0 Å². The fraction of sp³-hybridized carbons (Fsp3) is 0.333. The molecule has 9 heteroatoms. The van der Waals surface area contributed by atoms with Gasteiger partial charge in [-0.05, 0) is 37.1 Å². The van der Waals surface area contributed by atoms with Crippen molar-refractivity contribution in [1.82, 2.24) is 25.1 Å². The van der Waals surface area contributed by atoms with Gasteiger partial charge in [0.05, 0.1) is 17.6 Å². The zero-order chi connectivity index (χ0) is 18.6. The van der Waals surface area contributed by atoms with Crippen molar-refractivity contribution in [2.24, 2.45) is 0 Å². The zero-order valence-corrected chi connectivity index (χ0v) is 16.9. The number of nitrogens with zero attached hydrogens (tertiary/aromatic N) is 4. The Hall–Kier alpha value is -1.97. The number of aromatic nitrogens is 4. The van der Waals surface area contributed by atoms with E-state index in [9.17, 15) is 4.79 Å². The molecule has 3 aromatic rings. The third-order valence-electron chi connectivity index (χ3n) is 4.26. The standard InChI is InChI=1S/C18H18BrN5O2S/c19-13-5-3-12(4-6-13)15-7-8-16-21-22-18(24(16)23-15)27-11-17(25)20-10-14-2-1-9-26-14/h3-8,14H,1-2,9-11H2,(H,20,25). The summed E-state index contributed by atoms with van der Waals surface area (Å²) in [5.74, 6) is 0.217. The van der Waals surface area contributed by atoms with Gasteiger partial charge >= 0.3 is 0 Å². The predicted octanol–water partition coefficient (Wildman–Crippen LogP) is 2.94. The Morgan fingerprint density at radius 2 is 2.11 bits per heavy atom. The van der Waals surface area contributed by atoms with Gasteiger partial charge in [0, 0.05) is 23.2 Å². The number of amides is 1. The number of fused-ring (bicyclic) bond motifs is 1. The highest BCUT2D eigenvalue weighted by Gasteiger charge is 2.17. The van der Waals surface area contributed by atoms with Gasteiger partial charge in [0.25, 0.3) is 0 Å². The van der Waals surface area contributed by atoms with Gasteiger partial charge in [0.2, 0.25) is 11.1 Å². The SMILES string of the molecule is O=C(CSc1nnc2ccc(-c3ccc(Br)cc3)nn12)NCC1CCCO1. The fourth-order valence-corrected chi connectivity index (χ4v) is 3.83. The number of carbonyl (C=O) groups excluding carboxylic acids is 1. The van der Waals surface area contributed by atoms with Crippen LogP contribution in [0.1, 0.15) is 12.8 Å². The smallest absolute Gasteiger partial charge is 0.230 e. The summed E-state index contributed by atoms with van der Waals surface area (Å²) >= 11 is 4.76. The second-order valence-electron chi connectivity index (χ2n) is 6.21. The van der Waals surface area contributed by atoms with E-state index in [1.165, 1.54) is 11.8 Å². The number of benzene rings is 1. The molecule has 2 aromatic heterocycles. The summed E-state index contributed by atoms with van der Waals surface area (Å²) in [5, 5.41) is 16.4. The highest BCUT2D eigenvalue weighted by atomic mass is 79.9. The monoisotopic (exact) mass is 447 g/mol. The molecule has 0 radical (unpaired) electrons. The number of ether oxygens (including phenoxy) is 1. The van der Waals surface area contributed by atoms with Gasteiger partial charge in [-0.2, -0.15) is 9.61 Å². The summed E-state index contributed by atoms with van der Waals surface area (Å²) in [7, 11) is 0. The van der Waals surface area contributed by atoms with Crippen molar-refractivity contribution in [3.05, 3.63) is 40.9 Å². The number of hydrogen-bond donors (Lipinski definition) is 1. The first-order valence-corrected chi connectivity index (χ1v) is 10.5. The van der Waals surface area contributed by atoms with Crippen LogP contribution >= 0.6 is 27.7 Å². The number of hydrogen-bond acceptors (Lipinski definition) is 6. The van der Waals surface area contributed by atoms with Gasteiger partial charge in [-0.1, -0.05) is 39.8 Å². The maximum absolute atomic E-state index is 12.1. The second kappa shape index (κ2) is 8.37. The van der Waals surface area contributed by atoms with Crippen LogP contribution in [0.25, 0.3) is 16.9 Å². The van der Waals surface area contributed by atoms with Crippen LogP contribution in [0.4, 0.5) is 0 Å². The predicted molar refractivity (Wildman–Crippen MR) is 107 cm³/mol. The first-order chi connectivity index (χ1) is 13.2. The molecule has 1 amide bonds. The molecule has 1 fully saturated rings. The Labute approximate surface area is 169 Å². The van der Waals surface area contributed by atoms with Crippen molar-refractivity contribution >= 4 is 39.2 Å². The molecule has 0 saturated carbocycles. The van der Waals surface area contributed by atoms with Gasteiger partial charge < -0.3 is 10.1 Å². The minimum Gasteiger partial charge on any atom is -0.376 e. The van der Waals surface area contributed by atoms with Crippen molar-refractivity contribution in [3.8, 4) is 11.3 Å². The van der Waals surface area contributed by atoms with Crippen molar-refractivity contribution in [2.45, 2.75) is 24.1 Å². The molecule has 27 heavy (non-hydrogen) atoms. The van der Waals surface area contributed by atoms with Crippen LogP contribution in [0.5, 0.6) is 0 Å². The molecule has 1 saturated heterocycles. The molecule has 1 aliphatic heterocycles. The lowest BCUT2D eigenvalue weighted by atomic mass is 10.1. The van der Waals surface area contributed by atoms with Gasteiger partial charge in [0.1, 0.15) is 0 Å². The van der Waals surface area contributed by atoms with E-state index in [2.05, 4.69) is 36.5 Å². The zero-order valence-electron chi connectivity index (χ0n) is 14.5. The highest BCUT2D eigenvalue weighted by Crippen LogP contribution is 2.22. The Balaban J connectivity index is 1.43. The summed E-state index contributed by atoms with van der Waals surface area (Å²) in [4.78, 5) is 12.1. The van der Waals surface area contributed by atoms with Crippen molar-refractivity contribution in [3.63, 3.8) is 0 Å². The van der Waals surface area contributed by atoms with E-state index in [0.717, 1.165) is 35.2 Å². The molecule has 1 N–H and O–H groups in total. The lowest BCUT2D eigenvalue weighted by Gasteiger charge is -2.10. The summed E-state index contributed by atoms with van der Waals surface area (Å²) in [6.07, 6.45) is 2.21. The highest BCUT2D eigenvalue weighted by molar-refractivity contribution is 9.10. The molecule has 0 spiro atoms. The molecular weight excluding hydrogens is 430 g/mol. The molecule has 4 rings (SSSR count). The van der Waals surface area contributed by atoms with Crippen molar-refractivity contribution < 1.29 is 9.53 Å². The molecule has 140 valence electrons. The lowest BCUT2D eigenvalue weighted by molar-refractivity contribution is -0.119. The van der Waals surface area contributed by atoms with Crippen LogP contribution in [0, 0.1) is 0 Å². The third-order valence-corrected chi connectivity index (χ3v) is 5.71. The summed E-state index contributed by atoms with van der Waals surface area (Å²) in [6, 6.07) is 11.7. The topological polar surface area (TPSA) is 81.4 Å². The van der Waals surface area contributed by atoms with Crippen LogP contribution in [-0.2, 0) is 9.53 Å². The molecule has 3 heterocycles. The largest absolute Gasteiger partial charge is 0.376 e. The number of rotatable bonds is 6. The van der Waals surface area contributed by atoms with E-state index in [1.807, 2.05) is 36.4 Å². The van der Waals surface area contributed by atoms with Crippen molar-refractivity contribution in [2.75, 3.05) is 18.9 Å². The van der Waals surface area contributed by atoms with E-state index in [-0.39, 0.29) is 17.8 Å². The van der Waals surface area contributed by atoms with Gasteiger partial charge in [-0.25, -0.2) is 0 Å². The molecule has 0 aliphatic carbocycles. The van der Waals surface area contributed by atoms with Crippen LogP contribution in [0.2, 0.25) is 0 Å².